The molecule has 0 bridgehead atoms. The van der Waals surface area contributed by atoms with Gasteiger partial charge in [0, 0.05) is 17.2 Å². The number of hydrogen-bond acceptors (Lipinski definition) is 5. The fourth-order valence-electron chi connectivity index (χ4n) is 3.81. The number of carbonyl (C=O) groups is 2. The molecular formula is C28H27N5O3. The molecule has 0 saturated carbocycles. The standard InChI is InChI=1S/C28H27N5O3/c1-28(2,3)24-16-25(31-27(35)30-21-11-9-18(17-29)10-12-21)33(32-24)22-13-19-7-5-6-8-23(19)20(14-22)15-26(34)36-4/h5-14,16H,15H2,1-4H3,(H2,30,31,35). The van der Waals surface area contributed by atoms with Gasteiger partial charge in [0.1, 0.15) is 5.82 Å². The third-order valence-electron chi connectivity index (χ3n) is 5.73. The molecule has 0 saturated heterocycles. The lowest BCUT2D eigenvalue weighted by atomic mass is 9.92. The van der Waals surface area contributed by atoms with E-state index >= 15 is 0 Å². The Labute approximate surface area is 209 Å². The number of benzene rings is 3. The second-order valence-electron chi connectivity index (χ2n) is 9.42. The second-order valence-corrected chi connectivity index (χ2v) is 9.42. The van der Waals surface area contributed by atoms with Gasteiger partial charge in [0.2, 0.25) is 0 Å². The summed E-state index contributed by atoms with van der Waals surface area (Å²) >= 11 is 0. The van der Waals surface area contributed by atoms with Gasteiger partial charge in [-0.25, -0.2) is 9.48 Å². The van der Waals surface area contributed by atoms with Gasteiger partial charge < -0.3 is 10.1 Å². The highest BCUT2D eigenvalue weighted by Gasteiger charge is 2.22. The summed E-state index contributed by atoms with van der Waals surface area (Å²) in [4.78, 5) is 25.0. The zero-order valence-electron chi connectivity index (χ0n) is 20.6. The number of urea groups is 1. The van der Waals surface area contributed by atoms with Crippen LogP contribution in [0, 0.1) is 11.3 Å². The van der Waals surface area contributed by atoms with Gasteiger partial charge in [0.15, 0.2) is 0 Å². The van der Waals surface area contributed by atoms with Gasteiger partial charge in [-0.1, -0.05) is 45.0 Å². The van der Waals surface area contributed by atoms with E-state index in [-0.39, 0.29) is 17.8 Å². The van der Waals surface area contributed by atoms with Crippen molar-refractivity contribution in [1.82, 2.24) is 9.78 Å². The molecule has 1 heterocycles. The average molecular weight is 482 g/mol. The fraction of sp³-hybridized carbons (Fsp3) is 0.214. The average Bonchev–Trinajstić information content (AvgIpc) is 3.28. The van der Waals surface area contributed by atoms with Crippen LogP contribution < -0.4 is 10.6 Å². The minimum atomic E-state index is -0.447. The number of carbonyl (C=O) groups excluding carboxylic acids is 2. The summed E-state index contributed by atoms with van der Waals surface area (Å²) in [6, 6.07) is 21.7. The highest BCUT2D eigenvalue weighted by molar-refractivity contribution is 5.99. The molecule has 0 unspecified atom stereocenters. The van der Waals surface area contributed by atoms with Crippen LogP contribution in [0.1, 0.15) is 37.6 Å². The van der Waals surface area contributed by atoms with E-state index in [1.807, 2.05) is 63.2 Å². The van der Waals surface area contributed by atoms with E-state index in [2.05, 4.69) is 16.7 Å². The topological polar surface area (TPSA) is 109 Å². The van der Waals surface area contributed by atoms with Gasteiger partial charge in [-0.3, -0.25) is 10.1 Å². The molecule has 0 aliphatic carbocycles. The summed E-state index contributed by atoms with van der Waals surface area (Å²) in [5.74, 6) is 0.138. The Bertz CT molecular complexity index is 1470. The first-order chi connectivity index (χ1) is 17.2. The molecule has 2 amide bonds. The summed E-state index contributed by atoms with van der Waals surface area (Å²) < 4.78 is 6.57. The molecule has 36 heavy (non-hydrogen) atoms. The minimum Gasteiger partial charge on any atom is -0.469 e. The van der Waals surface area contributed by atoms with Crippen LogP contribution in [0.4, 0.5) is 16.3 Å². The summed E-state index contributed by atoms with van der Waals surface area (Å²) in [5, 5.41) is 21.3. The lowest BCUT2D eigenvalue weighted by Crippen LogP contribution is -2.21. The Balaban J connectivity index is 1.74. The van der Waals surface area contributed by atoms with Crippen molar-refractivity contribution in [3.8, 4) is 11.8 Å². The highest BCUT2D eigenvalue weighted by Crippen LogP contribution is 2.30. The number of anilines is 2. The molecule has 0 atom stereocenters. The van der Waals surface area contributed by atoms with E-state index in [0.29, 0.717) is 22.8 Å². The Morgan fingerprint density at radius 3 is 2.42 bits per heavy atom. The van der Waals surface area contributed by atoms with Gasteiger partial charge in [-0.05, 0) is 52.7 Å². The highest BCUT2D eigenvalue weighted by atomic mass is 16.5. The summed E-state index contributed by atoms with van der Waals surface area (Å²) in [7, 11) is 1.37. The van der Waals surface area contributed by atoms with Crippen molar-refractivity contribution >= 4 is 34.3 Å². The number of esters is 1. The number of nitrogens with one attached hydrogen (secondary N) is 2. The van der Waals surface area contributed by atoms with Gasteiger partial charge in [-0.15, -0.1) is 0 Å². The Morgan fingerprint density at radius 2 is 1.75 bits per heavy atom. The Morgan fingerprint density at radius 1 is 1.03 bits per heavy atom. The van der Waals surface area contributed by atoms with Gasteiger partial charge in [0.05, 0.1) is 36.5 Å². The van der Waals surface area contributed by atoms with Crippen LogP contribution in [-0.4, -0.2) is 28.9 Å². The maximum Gasteiger partial charge on any atom is 0.324 e. The van der Waals surface area contributed by atoms with E-state index in [0.717, 1.165) is 22.0 Å². The second kappa shape index (κ2) is 9.92. The molecule has 0 aliphatic heterocycles. The van der Waals surface area contributed by atoms with E-state index in [1.165, 1.54) is 7.11 Å². The van der Waals surface area contributed by atoms with Crippen LogP contribution in [0.5, 0.6) is 0 Å². The molecule has 0 aliphatic rings. The normalized spacial score (nSPS) is 11.1. The van der Waals surface area contributed by atoms with E-state index in [1.54, 1.807) is 28.9 Å². The molecule has 4 rings (SSSR count). The largest absolute Gasteiger partial charge is 0.469 e. The number of rotatable bonds is 5. The molecule has 0 spiro atoms. The van der Waals surface area contributed by atoms with Crippen molar-refractivity contribution in [2.45, 2.75) is 32.6 Å². The number of hydrogen-bond donors (Lipinski definition) is 2. The maximum atomic E-state index is 12.9. The van der Waals surface area contributed by atoms with Crippen molar-refractivity contribution in [2.75, 3.05) is 17.7 Å². The molecule has 0 radical (unpaired) electrons. The first-order valence-corrected chi connectivity index (χ1v) is 11.5. The van der Waals surface area contributed by atoms with Crippen molar-refractivity contribution in [3.63, 3.8) is 0 Å². The lowest BCUT2D eigenvalue weighted by molar-refractivity contribution is -0.139. The molecule has 3 aromatic carbocycles. The molecule has 8 heteroatoms. The number of nitrogens with zero attached hydrogens (tertiary/aromatic N) is 3. The quantitative estimate of drug-likeness (QED) is 0.363. The van der Waals surface area contributed by atoms with Crippen molar-refractivity contribution < 1.29 is 14.3 Å². The zero-order valence-corrected chi connectivity index (χ0v) is 20.6. The van der Waals surface area contributed by atoms with Crippen LogP contribution in [0.15, 0.2) is 66.7 Å². The van der Waals surface area contributed by atoms with Gasteiger partial charge in [-0.2, -0.15) is 10.4 Å². The number of amides is 2. The summed E-state index contributed by atoms with van der Waals surface area (Å²) in [5.41, 5.74) is 3.09. The zero-order chi connectivity index (χ0) is 25.9. The Kier molecular flexibility index (Phi) is 6.75. The minimum absolute atomic E-state index is 0.111. The van der Waals surface area contributed by atoms with Crippen LogP contribution in [0.3, 0.4) is 0 Å². The number of nitriles is 1. The smallest absolute Gasteiger partial charge is 0.324 e. The van der Waals surface area contributed by atoms with Crippen molar-refractivity contribution in [2.24, 2.45) is 0 Å². The third-order valence-corrected chi connectivity index (χ3v) is 5.73. The lowest BCUT2D eigenvalue weighted by Gasteiger charge is -2.15. The van der Waals surface area contributed by atoms with Gasteiger partial charge in [0.25, 0.3) is 0 Å². The summed E-state index contributed by atoms with van der Waals surface area (Å²) in [6.45, 7) is 6.13. The van der Waals surface area contributed by atoms with E-state index in [9.17, 15) is 9.59 Å². The van der Waals surface area contributed by atoms with Crippen LogP contribution in [0.25, 0.3) is 16.5 Å². The molecule has 0 fully saturated rings. The number of ether oxygens (including phenoxy) is 1. The molecule has 182 valence electrons. The van der Waals surface area contributed by atoms with Crippen molar-refractivity contribution in [1.29, 1.82) is 5.26 Å². The van der Waals surface area contributed by atoms with Crippen LogP contribution >= 0.6 is 0 Å². The molecule has 4 aromatic rings. The fourth-order valence-corrected chi connectivity index (χ4v) is 3.81. The van der Waals surface area contributed by atoms with Crippen LogP contribution in [-0.2, 0) is 21.4 Å². The molecular weight excluding hydrogens is 454 g/mol. The SMILES string of the molecule is COC(=O)Cc1cc(-n2nc(C(C)(C)C)cc2NC(=O)Nc2ccc(C#N)cc2)cc2ccccc12. The maximum absolute atomic E-state index is 12.9. The molecule has 2 N–H and O–H groups in total. The Hall–Kier alpha value is -4.64. The van der Waals surface area contributed by atoms with E-state index < -0.39 is 6.03 Å². The monoisotopic (exact) mass is 481 g/mol. The van der Waals surface area contributed by atoms with Crippen molar-refractivity contribution in [3.05, 3.63) is 83.6 Å². The van der Waals surface area contributed by atoms with Gasteiger partial charge >= 0.3 is 12.0 Å². The summed E-state index contributed by atoms with van der Waals surface area (Å²) in [6.07, 6.45) is 0.111. The first kappa shape index (κ1) is 24.5. The molecule has 1 aromatic heterocycles. The molecule has 8 nitrogen and oxygen atoms in total. The van der Waals surface area contributed by atoms with E-state index in [4.69, 9.17) is 15.1 Å². The predicted molar refractivity (Wildman–Crippen MR) is 139 cm³/mol. The van der Waals surface area contributed by atoms with Crippen LogP contribution in [0.2, 0.25) is 0 Å². The first-order valence-electron chi connectivity index (χ1n) is 11.5. The predicted octanol–water partition coefficient (Wildman–Crippen LogP) is 5.55. The number of aromatic nitrogens is 2. The number of fused-ring (bicyclic) bond motifs is 1. The number of methoxy groups -OCH3 is 1. The third kappa shape index (κ3) is 5.36.